The summed E-state index contributed by atoms with van der Waals surface area (Å²) in [5.41, 5.74) is 6.35. The van der Waals surface area contributed by atoms with Gasteiger partial charge in [0.05, 0.1) is 10.9 Å². The Kier molecular flexibility index (Phi) is 1.03. The molecule has 0 saturated carbocycles. The fourth-order valence-electron chi connectivity index (χ4n) is 0.981. The second kappa shape index (κ2) is 1.88. The summed E-state index contributed by atoms with van der Waals surface area (Å²) in [6, 6.07) is 4.94. The third kappa shape index (κ3) is 0.797. The predicted octanol–water partition coefficient (Wildman–Crippen LogP) is 0.703. The van der Waals surface area contributed by atoms with Crippen molar-refractivity contribution in [2.45, 2.75) is 0 Å². The van der Waals surface area contributed by atoms with Crippen molar-refractivity contribution < 1.29 is 4.52 Å². The fourth-order valence-corrected chi connectivity index (χ4v) is 0.981. The van der Waals surface area contributed by atoms with Gasteiger partial charge in [-0.15, -0.1) is 0 Å². The number of nitrogen functional groups attached to an aromatic ring is 1. The molecule has 56 valence electrons. The van der Waals surface area contributed by atoms with E-state index >= 15 is 0 Å². The Balaban J connectivity index is 2.97. The molecule has 0 radical (unpaired) electrons. The first-order chi connectivity index (χ1) is 5.27. The van der Waals surface area contributed by atoms with Gasteiger partial charge in [0.25, 0.3) is 0 Å². The van der Waals surface area contributed by atoms with Crippen molar-refractivity contribution in [2.24, 2.45) is 0 Å². The number of nitrogens with two attached hydrogens (primary N) is 1. The van der Waals surface area contributed by atoms with Crippen LogP contribution in [-0.2, 0) is 0 Å². The molecule has 1 aromatic heterocycles. The van der Waals surface area contributed by atoms with Crippen LogP contribution in [0.1, 0.15) is 0 Å². The van der Waals surface area contributed by atoms with E-state index in [4.69, 9.17) is 5.73 Å². The number of fused-ring (bicyclic) bond motifs is 1. The molecule has 0 fully saturated rings. The van der Waals surface area contributed by atoms with Crippen molar-refractivity contribution in [3.63, 3.8) is 0 Å². The number of anilines is 1. The van der Waals surface area contributed by atoms with Gasteiger partial charge in [0.2, 0.25) is 0 Å². The van der Waals surface area contributed by atoms with E-state index in [1.165, 1.54) is 0 Å². The Hall–Kier alpha value is -1.71. The van der Waals surface area contributed by atoms with Gasteiger partial charge >= 0.3 is 5.63 Å². The quantitative estimate of drug-likeness (QED) is 0.543. The molecule has 0 unspecified atom stereocenters. The van der Waals surface area contributed by atoms with Crippen molar-refractivity contribution in [3.8, 4) is 0 Å². The summed E-state index contributed by atoms with van der Waals surface area (Å²) >= 11 is 0. The molecule has 0 bridgehead atoms. The van der Waals surface area contributed by atoms with E-state index in [-0.39, 0.29) is 5.63 Å². The number of rotatable bonds is 0. The standard InChI is InChI=1S/C7H6N2O2/c8-4-1-2-5-6(3-4)9-11-7(5)10/h1-3,9H,8H2. The molecule has 0 aliphatic carbocycles. The van der Waals surface area contributed by atoms with Gasteiger partial charge in [-0.25, -0.2) is 9.95 Å². The number of H-pyrrole nitrogens is 1. The molecule has 0 atom stereocenters. The molecule has 2 rings (SSSR count). The van der Waals surface area contributed by atoms with Gasteiger partial charge in [0, 0.05) is 5.69 Å². The van der Waals surface area contributed by atoms with Gasteiger partial charge in [-0.1, -0.05) is 0 Å². The molecule has 3 N–H and O–H groups in total. The summed E-state index contributed by atoms with van der Waals surface area (Å²) in [6.07, 6.45) is 0. The third-order valence-corrected chi connectivity index (χ3v) is 1.52. The maximum atomic E-state index is 10.9. The molecular weight excluding hydrogens is 144 g/mol. The summed E-state index contributed by atoms with van der Waals surface area (Å²) in [5.74, 6) is 0. The van der Waals surface area contributed by atoms with Gasteiger partial charge in [-0.2, -0.15) is 0 Å². The zero-order valence-electron chi connectivity index (χ0n) is 5.63. The number of aromatic amines is 1. The Morgan fingerprint density at radius 3 is 3.09 bits per heavy atom. The lowest BCUT2D eigenvalue weighted by Crippen LogP contribution is -1.90. The smallest absolute Gasteiger partial charge is 0.365 e. The lowest BCUT2D eigenvalue weighted by Gasteiger charge is -1.88. The largest absolute Gasteiger partial charge is 0.399 e. The first-order valence-electron chi connectivity index (χ1n) is 3.14. The normalized spacial score (nSPS) is 10.5. The Morgan fingerprint density at radius 1 is 1.45 bits per heavy atom. The summed E-state index contributed by atoms with van der Waals surface area (Å²) in [7, 11) is 0. The Labute approximate surface area is 61.6 Å². The van der Waals surface area contributed by atoms with E-state index in [9.17, 15) is 4.79 Å². The van der Waals surface area contributed by atoms with E-state index in [1.807, 2.05) is 0 Å². The molecule has 4 nitrogen and oxygen atoms in total. The van der Waals surface area contributed by atoms with Crippen LogP contribution < -0.4 is 11.4 Å². The highest BCUT2D eigenvalue weighted by Gasteiger charge is 2.00. The minimum Gasteiger partial charge on any atom is -0.399 e. The Bertz CT molecular complexity index is 441. The number of hydrogen-bond acceptors (Lipinski definition) is 3. The fraction of sp³-hybridized carbons (Fsp3) is 0. The van der Waals surface area contributed by atoms with Gasteiger partial charge in [0.15, 0.2) is 0 Å². The van der Waals surface area contributed by atoms with E-state index in [0.29, 0.717) is 16.6 Å². The van der Waals surface area contributed by atoms with Crippen LogP contribution in [0.15, 0.2) is 27.5 Å². The second-order valence-electron chi connectivity index (χ2n) is 2.30. The van der Waals surface area contributed by atoms with E-state index in [2.05, 4.69) is 9.68 Å². The highest BCUT2D eigenvalue weighted by molar-refractivity contribution is 5.80. The third-order valence-electron chi connectivity index (χ3n) is 1.52. The van der Waals surface area contributed by atoms with Crippen LogP contribution in [-0.4, -0.2) is 5.16 Å². The number of benzene rings is 1. The highest BCUT2D eigenvalue weighted by Crippen LogP contribution is 2.10. The van der Waals surface area contributed by atoms with Gasteiger partial charge in [-0.05, 0) is 18.2 Å². The average Bonchev–Trinajstić information content (AvgIpc) is 2.32. The van der Waals surface area contributed by atoms with E-state index < -0.39 is 0 Å². The zero-order chi connectivity index (χ0) is 7.84. The topological polar surface area (TPSA) is 72.0 Å². The maximum Gasteiger partial charge on any atom is 0.365 e. The summed E-state index contributed by atoms with van der Waals surface area (Å²) in [4.78, 5) is 10.9. The van der Waals surface area contributed by atoms with Crippen LogP contribution in [0.3, 0.4) is 0 Å². The maximum absolute atomic E-state index is 10.9. The van der Waals surface area contributed by atoms with E-state index in [0.717, 1.165) is 0 Å². The van der Waals surface area contributed by atoms with Crippen LogP contribution in [0.2, 0.25) is 0 Å². The molecule has 0 aliphatic rings. The average molecular weight is 150 g/mol. The van der Waals surface area contributed by atoms with Crippen LogP contribution in [0, 0.1) is 0 Å². The van der Waals surface area contributed by atoms with Crippen molar-refractivity contribution in [1.82, 2.24) is 5.16 Å². The van der Waals surface area contributed by atoms with Crippen LogP contribution >= 0.6 is 0 Å². The Morgan fingerprint density at radius 2 is 2.27 bits per heavy atom. The number of nitrogens with one attached hydrogen (secondary N) is 1. The molecule has 2 aromatic rings. The van der Waals surface area contributed by atoms with Crippen molar-refractivity contribution >= 4 is 16.6 Å². The van der Waals surface area contributed by atoms with Gasteiger partial charge in [-0.3, -0.25) is 0 Å². The monoisotopic (exact) mass is 150 g/mol. The minimum absolute atomic E-state index is 0.361. The molecule has 0 saturated heterocycles. The summed E-state index contributed by atoms with van der Waals surface area (Å²) in [6.45, 7) is 0. The molecule has 0 spiro atoms. The van der Waals surface area contributed by atoms with Crippen LogP contribution in [0.25, 0.3) is 10.9 Å². The molecule has 1 heterocycles. The second-order valence-corrected chi connectivity index (χ2v) is 2.30. The first-order valence-corrected chi connectivity index (χ1v) is 3.14. The SMILES string of the molecule is Nc1ccc2c(=O)o[nH]c2c1. The predicted molar refractivity (Wildman–Crippen MR) is 41.2 cm³/mol. The molecule has 4 heteroatoms. The number of hydrogen-bond donors (Lipinski definition) is 2. The van der Waals surface area contributed by atoms with Crippen LogP contribution in [0.5, 0.6) is 0 Å². The zero-order valence-corrected chi connectivity index (χ0v) is 5.63. The molecule has 0 aliphatic heterocycles. The van der Waals surface area contributed by atoms with Crippen molar-refractivity contribution in [2.75, 3.05) is 5.73 Å². The first kappa shape index (κ1) is 6.03. The van der Waals surface area contributed by atoms with E-state index in [1.54, 1.807) is 18.2 Å². The van der Waals surface area contributed by atoms with Crippen molar-refractivity contribution in [3.05, 3.63) is 28.6 Å². The van der Waals surface area contributed by atoms with Crippen LogP contribution in [0.4, 0.5) is 5.69 Å². The molecular formula is C7H6N2O2. The molecule has 11 heavy (non-hydrogen) atoms. The lowest BCUT2D eigenvalue weighted by atomic mass is 10.2. The molecule has 1 aromatic carbocycles. The van der Waals surface area contributed by atoms with Gasteiger partial charge < -0.3 is 10.3 Å². The summed E-state index contributed by atoms with van der Waals surface area (Å²) in [5, 5.41) is 2.99. The highest BCUT2D eigenvalue weighted by atomic mass is 16.5. The molecule has 0 amide bonds. The van der Waals surface area contributed by atoms with Crippen molar-refractivity contribution in [1.29, 1.82) is 0 Å². The minimum atomic E-state index is -0.361. The van der Waals surface area contributed by atoms with Gasteiger partial charge in [0.1, 0.15) is 0 Å². The lowest BCUT2D eigenvalue weighted by molar-refractivity contribution is 0.400. The number of aromatic nitrogens is 1. The summed E-state index contributed by atoms with van der Waals surface area (Å²) < 4.78 is 4.53.